The second kappa shape index (κ2) is 8.70. The summed E-state index contributed by atoms with van der Waals surface area (Å²) in [6.07, 6.45) is 2.75. The second-order valence-corrected chi connectivity index (χ2v) is 6.38. The highest BCUT2D eigenvalue weighted by atomic mass is 16.5. The number of amides is 2. The van der Waals surface area contributed by atoms with Crippen molar-refractivity contribution in [2.45, 2.75) is 32.9 Å². The minimum absolute atomic E-state index is 0.0625. The van der Waals surface area contributed by atoms with Gasteiger partial charge in [0.15, 0.2) is 0 Å². The topological polar surface area (TPSA) is 75.5 Å². The van der Waals surface area contributed by atoms with Crippen LogP contribution in [-0.2, 0) is 11.3 Å². The number of carbonyl (C=O) groups is 1. The van der Waals surface area contributed by atoms with Crippen LogP contribution in [0.2, 0.25) is 0 Å². The Morgan fingerprint density at radius 1 is 1.33 bits per heavy atom. The number of carbonyl (C=O) groups excluding carboxylic acids is 1. The largest absolute Gasteiger partial charge is 0.394 e. The number of methoxy groups -OCH3 is 1. The quantitative estimate of drug-likeness (QED) is 0.695. The highest BCUT2D eigenvalue weighted by Crippen LogP contribution is 2.20. The van der Waals surface area contributed by atoms with Crippen molar-refractivity contribution in [1.82, 2.24) is 9.88 Å². The third-order valence-corrected chi connectivity index (χ3v) is 3.88. The predicted octanol–water partition coefficient (Wildman–Crippen LogP) is 2.82. The van der Waals surface area contributed by atoms with Crippen LogP contribution in [0, 0.1) is 5.92 Å². The molecule has 0 unspecified atom stereocenters. The maximum absolute atomic E-state index is 12.1. The minimum Gasteiger partial charge on any atom is -0.394 e. The molecule has 24 heavy (non-hydrogen) atoms. The number of hydrogen-bond donors (Lipinski definition) is 3. The zero-order valence-electron chi connectivity index (χ0n) is 14.6. The molecule has 1 aromatic carbocycles. The third-order valence-electron chi connectivity index (χ3n) is 3.88. The molecule has 0 bridgehead atoms. The Bertz CT molecular complexity index is 667. The van der Waals surface area contributed by atoms with E-state index in [-0.39, 0.29) is 18.7 Å². The van der Waals surface area contributed by atoms with Gasteiger partial charge in [-0.2, -0.15) is 0 Å². The molecule has 3 N–H and O–H groups in total. The molecule has 0 saturated carbocycles. The highest BCUT2D eigenvalue weighted by Gasteiger charge is 2.13. The first-order chi connectivity index (χ1) is 11.5. The van der Waals surface area contributed by atoms with Crippen LogP contribution in [0.3, 0.4) is 0 Å². The van der Waals surface area contributed by atoms with Crippen molar-refractivity contribution in [3.05, 3.63) is 30.5 Å². The van der Waals surface area contributed by atoms with Crippen molar-refractivity contribution in [3.63, 3.8) is 0 Å². The average molecular weight is 333 g/mol. The van der Waals surface area contributed by atoms with E-state index in [4.69, 9.17) is 4.74 Å². The smallest absolute Gasteiger partial charge is 0.319 e. The maximum Gasteiger partial charge on any atom is 0.319 e. The van der Waals surface area contributed by atoms with Gasteiger partial charge >= 0.3 is 6.03 Å². The van der Waals surface area contributed by atoms with Crippen molar-refractivity contribution >= 4 is 22.6 Å². The monoisotopic (exact) mass is 333 g/mol. The Labute approximate surface area is 142 Å². The highest BCUT2D eigenvalue weighted by molar-refractivity contribution is 5.93. The van der Waals surface area contributed by atoms with E-state index >= 15 is 0 Å². The number of benzene rings is 1. The molecule has 0 spiro atoms. The van der Waals surface area contributed by atoms with Crippen LogP contribution in [-0.4, -0.2) is 42.1 Å². The standard InChI is InChI=1S/C18H27N3O3/c1-13(2)10-16(12-22)20-18(23)19-15-4-5-17-14(11-15)6-7-21(17)8-9-24-3/h4-7,11,13,16,22H,8-10,12H2,1-3H3,(H2,19,20,23)/t16-/m1/s1. The summed E-state index contributed by atoms with van der Waals surface area (Å²) >= 11 is 0. The number of hydrogen-bond acceptors (Lipinski definition) is 3. The minimum atomic E-state index is -0.298. The number of nitrogens with zero attached hydrogens (tertiary/aromatic N) is 1. The Morgan fingerprint density at radius 3 is 2.79 bits per heavy atom. The van der Waals surface area contributed by atoms with Gasteiger partial charge < -0.3 is 25.0 Å². The summed E-state index contributed by atoms with van der Waals surface area (Å²) in [7, 11) is 1.69. The van der Waals surface area contributed by atoms with Crippen molar-refractivity contribution in [3.8, 4) is 0 Å². The summed E-state index contributed by atoms with van der Waals surface area (Å²) < 4.78 is 7.23. The molecule has 1 aromatic heterocycles. The van der Waals surface area contributed by atoms with Crippen LogP contribution in [0.4, 0.5) is 10.5 Å². The summed E-state index contributed by atoms with van der Waals surface area (Å²) in [5.74, 6) is 0.408. The molecule has 1 heterocycles. The van der Waals surface area contributed by atoms with Gasteiger partial charge in [0.2, 0.25) is 0 Å². The number of urea groups is 1. The van der Waals surface area contributed by atoms with Gasteiger partial charge in [-0.25, -0.2) is 4.79 Å². The van der Waals surface area contributed by atoms with E-state index in [1.54, 1.807) is 7.11 Å². The van der Waals surface area contributed by atoms with Crippen molar-refractivity contribution < 1.29 is 14.6 Å². The van der Waals surface area contributed by atoms with Crippen LogP contribution >= 0.6 is 0 Å². The van der Waals surface area contributed by atoms with E-state index in [0.29, 0.717) is 12.5 Å². The Hall–Kier alpha value is -2.05. The van der Waals surface area contributed by atoms with E-state index in [9.17, 15) is 9.90 Å². The van der Waals surface area contributed by atoms with Crippen LogP contribution in [0.1, 0.15) is 20.3 Å². The van der Waals surface area contributed by atoms with E-state index in [2.05, 4.69) is 29.0 Å². The number of anilines is 1. The molecular weight excluding hydrogens is 306 g/mol. The van der Waals surface area contributed by atoms with Crippen LogP contribution in [0.25, 0.3) is 10.9 Å². The fourth-order valence-electron chi connectivity index (χ4n) is 2.76. The van der Waals surface area contributed by atoms with Crippen LogP contribution in [0.15, 0.2) is 30.5 Å². The lowest BCUT2D eigenvalue weighted by Crippen LogP contribution is -2.40. The van der Waals surface area contributed by atoms with Gasteiger partial charge in [0.05, 0.1) is 19.3 Å². The van der Waals surface area contributed by atoms with Crippen molar-refractivity contribution in [2.75, 3.05) is 25.6 Å². The lowest BCUT2D eigenvalue weighted by atomic mass is 10.0. The fraction of sp³-hybridized carbons (Fsp3) is 0.500. The first-order valence-corrected chi connectivity index (χ1v) is 8.29. The van der Waals surface area contributed by atoms with Gasteiger partial charge in [-0.1, -0.05) is 13.8 Å². The van der Waals surface area contributed by atoms with Crippen LogP contribution < -0.4 is 10.6 Å². The normalized spacial score (nSPS) is 12.5. The van der Waals surface area contributed by atoms with Gasteiger partial charge in [0.25, 0.3) is 0 Å². The van der Waals surface area contributed by atoms with Crippen molar-refractivity contribution in [1.29, 1.82) is 0 Å². The van der Waals surface area contributed by atoms with Gasteiger partial charge in [-0.3, -0.25) is 0 Å². The maximum atomic E-state index is 12.1. The fourth-order valence-corrected chi connectivity index (χ4v) is 2.76. The molecule has 0 aliphatic rings. The molecule has 6 nitrogen and oxygen atoms in total. The number of fused-ring (bicyclic) bond motifs is 1. The molecule has 132 valence electrons. The number of rotatable bonds is 8. The molecule has 2 amide bonds. The van der Waals surface area contributed by atoms with Gasteiger partial charge in [0, 0.05) is 36.4 Å². The summed E-state index contributed by atoms with van der Waals surface area (Å²) in [5.41, 5.74) is 1.83. The lowest BCUT2D eigenvalue weighted by Gasteiger charge is -2.18. The number of nitrogens with one attached hydrogen (secondary N) is 2. The third kappa shape index (κ3) is 4.97. The predicted molar refractivity (Wildman–Crippen MR) is 96.3 cm³/mol. The molecule has 0 fully saturated rings. The summed E-state index contributed by atoms with van der Waals surface area (Å²) in [5, 5.41) is 16.0. The molecule has 6 heteroatoms. The van der Waals surface area contributed by atoms with Crippen molar-refractivity contribution in [2.24, 2.45) is 5.92 Å². The Morgan fingerprint density at radius 2 is 2.12 bits per heavy atom. The Kier molecular flexibility index (Phi) is 6.63. The molecule has 1 atom stereocenters. The van der Waals surface area contributed by atoms with E-state index in [1.807, 2.05) is 30.5 Å². The summed E-state index contributed by atoms with van der Waals surface area (Å²) in [6.45, 7) is 5.51. The van der Waals surface area contributed by atoms with Gasteiger partial charge in [-0.15, -0.1) is 0 Å². The molecule has 0 aliphatic heterocycles. The Balaban J connectivity index is 2.00. The first-order valence-electron chi connectivity index (χ1n) is 8.29. The molecule has 0 saturated heterocycles. The zero-order valence-corrected chi connectivity index (χ0v) is 14.6. The molecule has 2 aromatic rings. The molecule has 0 radical (unpaired) electrons. The molecular formula is C18H27N3O3. The van der Waals surface area contributed by atoms with E-state index < -0.39 is 0 Å². The summed E-state index contributed by atoms with van der Waals surface area (Å²) in [6, 6.07) is 7.29. The van der Waals surface area contributed by atoms with Gasteiger partial charge in [-0.05, 0) is 36.6 Å². The SMILES string of the molecule is COCCn1ccc2cc(NC(=O)N[C@@H](CO)CC(C)C)ccc21. The number of ether oxygens (including phenoxy) is 1. The van der Waals surface area contributed by atoms with E-state index in [1.165, 1.54) is 0 Å². The average Bonchev–Trinajstić information content (AvgIpc) is 2.94. The van der Waals surface area contributed by atoms with Gasteiger partial charge in [0.1, 0.15) is 0 Å². The molecule has 2 rings (SSSR count). The lowest BCUT2D eigenvalue weighted by molar-refractivity contribution is 0.188. The second-order valence-electron chi connectivity index (χ2n) is 6.38. The number of aliphatic hydroxyl groups excluding tert-OH is 1. The summed E-state index contributed by atoms with van der Waals surface area (Å²) in [4.78, 5) is 12.1. The molecule has 0 aliphatic carbocycles. The first kappa shape index (κ1) is 18.3. The van der Waals surface area contributed by atoms with E-state index in [0.717, 1.165) is 29.6 Å². The van der Waals surface area contributed by atoms with Crippen LogP contribution in [0.5, 0.6) is 0 Å². The number of aromatic nitrogens is 1. The zero-order chi connectivity index (χ0) is 17.5. The number of aliphatic hydroxyl groups is 1.